The van der Waals surface area contributed by atoms with Crippen molar-refractivity contribution in [2.75, 3.05) is 7.11 Å². The minimum absolute atomic E-state index is 0.0652. The van der Waals surface area contributed by atoms with Crippen LogP contribution in [0.4, 0.5) is 0 Å². The molecule has 0 aliphatic carbocycles. The van der Waals surface area contributed by atoms with Crippen molar-refractivity contribution in [1.82, 2.24) is 9.38 Å². The van der Waals surface area contributed by atoms with Crippen LogP contribution in [-0.4, -0.2) is 16.5 Å². The smallest absolute Gasteiger partial charge is 0.258 e. The van der Waals surface area contributed by atoms with Crippen LogP contribution in [0.2, 0.25) is 0 Å². The molecule has 0 fully saturated rings. The summed E-state index contributed by atoms with van der Waals surface area (Å²) in [6.07, 6.45) is 2.47. The summed E-state index contributed by atoms with van der Waals surface area (Å²) in [6.45, 7) is 4.22. The molecule has 0 aromatic carbocycles. The lowest BCUT2D eigenvalue weighted by Gasteiger charge is -2.07. The highest BCUT2D eigenvalue weighted by molar-refractivity contribution is 5.41. The van der Waals surface area contributed by atoms with E-state index < -0.39 is 0 Å². The lowest BCUT2D eigenvalue weighted by molar-refractivity contribution is 0.412. The third-order valence-electron chi connectivity index (χ3n) is 2.54. The highest BCUT2D eigenvalue weighted by atomic mass is 16.5. The van der Waals surface area contributed by atoms with E-state index in [1.165, 1.54) is 4.40 Å². The number of nitrogens with zero attached hydrogens (tertiary/aromatic N) is 2. The minimum atomic E-state index is -0.0652. The Morgan fingerprint density at radius 3 is 2.82 bits per heavy atom. The first kappa shape index (κ1) is 11.6. The van der Waals surface area contributed by atoms with Gasteiger partial charge in [0.2, 0.25) is 0 Å². The van der Waals surface area contributed by atoms with Crippen LogP contribution in [0.3, 0.4) is 0 Å². The molecule has 0 radical (unpaired) electrons. The maximum Gasteiger partial charge on any atom is 0.258 e. The van der Waals surface area contributed by atoms with Crippen molar-refractivity contribution in [2.24, 2.45) is 5.92 Å². The van der Waals surface area contributed by atoms with Crippen LogP contribution in [-0.2, 0) is 6.42 Å². The molecule has 2 aromatic rings. The van der Waals surface area contributed by atoms with Gasteiger partial charge in [-0.25, -0.2) is 4.98 Å². The second-order valence-corrected chi connectivity index (χ2v) is 4.48. The maximum absolute atomic E-state index is 11.9. The zero-order valence-electron chi connectivity index (χ0n) is 10.3. The van der Waals surface area contributed by atoms with E-state index in [2.05, 4.69) is 18.8 Å². The Balaban J connectivity index is 2.56. The molecule has 0 saturated heterocycles. The number of rotatable bonds is 3. The zero-order chi connectivity index (χ0) is 12.4. The Bertz CT molecular complexity index is 587. The van der Waals surface area contributed by atoms with Crippen LogP contribution < -0.4 is 10.3 Å². The van der Waals surface area contributed by atoms with Crippen molar-refractivity contribution < 1.29 is 4.74 Å². The SMILES string of the molecule is COc1ccc2nc(CC(C)C)cc(=O)n2c1. The molecule has 0 N–H and O–H groups in total. The number of aromatic nitrogens is 2. The van der Waals surface area contributed by atoms with E-state index in [4.69, 9.17) is 4.74 Å². The molecule has 4 heteroatoms. The van der Waals surface area contributed by atoms with E-state index in [1.54, 1.807) is 31.5 Å². The van der Waals surface area contributed by atoms with Gasteiger partial charge in [0, 0.05) is 11.8 Å². The molecule has 17 heavy (non-hydrogen) atoms. The molecule has 2 rings (SSSR count). The summed E-state index contributed by atoms with van der Waals surface area (Å²) in [6, 6.07) is 5.19. The Morgan fingerprint density at radius 1 is 1.41 bits per heavy atom. The predicted molar refractivity (Wildman–Crippen MR) is 66.6 cm³/mol. The highest BCUT2D eigenvalue weighted by Crippen LogP contribution is 2.11. The molecule has 90 valence electrons. The van der Waals surface area contributed by atoms with Gasteiger partial charge in [0.15, 0.2) is 0 Å². The molecule has 0 spiro atoms. The van der Waals surface area contributed by atoms with E-state index in [0.29, 0.717) is 17.3 Å². The van der Waals surface area contributed by atoms with Gasteiger partial charge in [-0.1, -0.05) is 13.8 Å². The van der Waals surface area contributed by atoms with E-state index in [-0.39, 0.29) is 5.56 Å². The number of fused-ring (bicyclic) bond motifs is 1. The quantitative estimate of drug-likeness (QED) is 0.811. The summed E-state index contributed by atoms with van der Waals surface area (Å²) < 4.78 is 6.59. The molecular weight excluding hydrogens is 216 g/mol. The monoisotopic (exact) mass is 232 g/mol. The van der Waals surface area contributed by atoms with Crippen LogP contribution in [0.15, 0.2) is 29.2 Å². The molecular formula is C13H16N2O2. The molecule has 0 saturated carbocycles. The molecule has 0 atom stereocenters. The molecule has 2 aromatic heterocycles. The van der Waals surface area contributed by atoms with Gasteiger partial charge in [-0.05, 0) is 24.5 Å². The number of methoxy groups -OCH3 is 1. The molecule has 0 unspecified atom stereocenters. The van der Waals surface area contributed by atoms with Crippen LogP contribution in [0.5, 0.6) is 5.75 Å². The van der Waals surface area contributed by atoms with Crippen molar-refractivity contribution in [3.8, 4) is 5.75 Å². The Kier molecular flexibility index (Phi) is 3.13. The lowest BCUT2D eigenvalue weighted by Crippen LogP contribution is -2.16. The van der Waals surface area contributed by atoms with E-state index in [1.807, 2.05) is 0 Å². The van der Waals surface area contributed by atoms with Gasteiger partial charge in [0.25, 0.3) is 5.56 Å². The van der Waals surface area contributed by atoms with Crippen LogP contribution in [0.25, 0.3) is 5.65 Å². The second kappa shape index (κ2) is 4.57. The van der Waals surface area contributed by atoms with Gasteiger partial charge in [-0.3, -0.25) is 9.20 Å². The minimum Gasteiger partial charge on any atom is -0.495 e. The topological polar surface area (TPSA) is 43.6 Å². The average Bonchev–Trinajstić information content (AvgIpc) is 2.28. The summed E-state index contributed by atoms with van der Waals surface area (Å²) in [5, 5.41) is 0. The summed E-state index contributed by atoms with van der Waals surface area (Å²) in [5.41, 5.74) is 1.44. The first-order chi connectivity index (χ1) is 8.10. The van der Waals surface area contributed by atoms with Gasteiger partial charge in [0.05, 0.1) is 13.3 Å². The molecule has 0 bridgehead atoms. The summed E-state index contributed by atoms with van der Waals surface area (Å²) in [7, 11) is 1.58. The third kappa shape index (κ3) is 2.46. The second-order valence-electron chi connectivity index (χ2n) is 4.48. The van der Waals surface area contributed by atoms with Crippen molar-refractivity contribution in [3.63, 3.8) is 0 Å². The summed E-state index contributed by atoms with van der Waals surface area (Å²) in [5.74, 6) is 1.14. The van der Waals surface area contributed by atoms with E-state index >= 15 is 0 Å². The maximum atomic E-state index is 11.9. The van der Waals surface area contributed by atoms with Gasteiger partial charge in [0.1, 0.15) is 11.4 Å². The van der Waals surface area contributed by atoms with Crippen molar-refractivity contribution in [1.29, 1.82) is 0 Å². The largest absolute Gasteiger partial charge is 0.495 e. The van der Waals surface area contributed by atoms with E-state index in [9.17, 15) is 4.79 Å². The number of hydrogen-bond donors (Lipinski definition) is 0. The van der Waals surface area contributed by atoms with Crippen molar-refractivity contribution in [3.05, 3.63) is 40.4 Å². The molecule has 0 amide bonds. The Morgan fingerprint density at radius 2 is 2.18 bits per heavy atom. The highest BCUT2D eigenvalue weighted by Gasteiger charge is 2.05. The summed E-state index contributed by atoms with van der Waals surface area (Å²) in [4.78, 5) is 16.4. The van der Waals surface area contributed by atoms with Gasteiger partial charge in [-0.15, -0.1) is 0 Å². The molecule has 4 nitrogen and oxygen atoms in total. The van der Waals surface area contributed by atoms with E-state index in [0.717, 1.165) is 12.1 Å². The molecule has 0 aliphatic rings. The fourth-order valence-electron chi connectivity index (χ4n) is 1.78. The fraction of sp³-hybridized carbons (Fsp3) is 0.385. The van der Waals surface area contributed by atoms with Gasteiger partial charge >= 0.3 is 0 Å². The molecule has 2 heterocycles. The summed E-state index contributed by atoms with van der Waals surface area (Å²) >= 11 is 0. The lowest BCUT2D eigenvalue weighted by atomic mass is 10.1. The van der Waals surface area contributed by atoms with Crippen molar-refractivity contribution >= 4 is 5.65 Å². The average molecular weight is 232 g/mol. The predicted octanol–water partition coefficient (Wildman–Crippen LogP) is 1.90. The normalized spacial score (nSPS) is 11.1. The standard InChI is InChI=1S/C13H16N2O2/c1-9(2)6-10-7-13(16)15-8-11(17-3)4-5-12(15)14-10/h4-5,7-9H,6H2,1-3H3. The van der Waals surface area contributed by atoms with Crippen molar-refractivity contribution in [2.45, 2.75) is 20.3 Å². The van der Waals surface area contributed by atoms with Gasteiger partial charge in [-0.2, -0.15) is 0 Å². The van der Waals surface area contributed by atoms with Crippen LogP contribution in [0.1, 0.15) is 19.5 Å². The van der Waals surface area contributed by atoms with Crippen LogP contribution >= 0.6 is 0 Å². The fourth-order valence-corrected chi connectivity index (χ4v) is 1.78. The first-order valence-corrected chi connectivity index (χ1v) is 5.66. The number of pyridine rings is 1. The zero-order valence-corrected chi connectivity index (χ0v) is 10.3. The Labute approximate surface area is 99.9 Å². The number of ether oxygens (including phenoxy) is 1. The number of hydrogen-bond acceptors (Lipinski definition) is 3. The van der Waals surface area contributed by atoms with Crippen LogP contribution in [0, 0.1) is 5.92 Å². The Hall–Kier alpha value is -1.84. The third-order valence-corrected chi connectivity index (χ3v) is 2.54. The van der Waals surface area contributed by atoms with Gasteiger partial charge < -0.3 is 4.74 Å². The first-order valence-electron chi connectivity index (χ1n) is 5.66. The molecule has 0 aliphatic heterocycles.